The summed E-state index contributed by atoms with van der Waals surface area (Å²) in [4.78, 5) is 26.9. The van der Waals surface area contributed by atoms with Gasteiger partial charge >= 0.3 is 5.97 Å². The normalized spacial score (nSPS) is 19.8. The molecule has 0 unspecified atom stereocenters. The molecule has 6 nitrogen and oxygen atoms in total. The second kappa shape index (κ2) is 11.1. The van der Waals surface area contributed by atoms with Crippen LogP contribution in [-0.2, 0) is 19.1 Å². The predicted molar refractivity (Wildman–Crippen MR) is 134 cm³/mol. The van der Waals surface area contributed by atoms with Crippen molar-refractivity contribution < 1.29 is 23.8 Å². The molecule has 4 rings (SSSR count). The van der Waals surface area contributed by atoms with Gasteiger partial charge in [0, 0.05) is 40.9 Å². The highest BCUT2D eigenvalue weighted by Crippen LogP contribution is 2.47. The smallest absolute Gasteiger partial charge is 0.336 e. The Kier molecular flexibility index (Phi) is 7.93. The third-order valence-electron chi connectivity index (χ3n) is 6.52. The molecule has 2 atom stereocenters. The zero-order valence-corrected chi connectivity index (χ0v) is 21.0. The predicted octanol–water partition coefficient (Wildman–Crippen LogP) is 5.29. The average molecular weight is 496 g/mol. The Hall–Kier alpha value is -3.09. The molecule has 2 aromatic carbocycles. The summed E-state index contributed by atoms with van der Waals surface area (Å²) < 4.78 is 16.1. The van der Waals surface area contributed by atoms with Crippen LogP contribution in [0.25, 0.3) is 0 Å². The Morgan fingerprint density at radius 2 is 1.83 bits per heavy atom. The lowest BCUT2D eigenvalue weighted by Crippen LogP contribution is -2.36. The third kappa shape index (κ3) is 5.29. The molecule has 2 aromatic rings. The van der Waals surface area contributed by atoms with Gasteiger partial charge in [-0.25, -0.2) is 4.79 Å². The number of methoxy groups -OCH3 is 1. The van der Waals surface area contributed by atoms with Crippen molar-refractivity contribution >= 4 is 23.4 Å². The summed E-state index contributed by atoms with van der Waals surface area (Å²) >= 11 is 6.59. The maximum Gasteiger partial charge on any atom is 0.336 e. The number of nitrogens with one attached hydrogen (secondary N) is 1. The second-order valence-electron chi connectivity index (χ2n) is 8.64. The van der Waals surface area contributed by atoms with E-state index in [1.165, 1.54) is 0 Å². The zero-order valence-electron chi connectivity index (χ0n) is 20.2. The molecule has 0 bridgehead atoms. The Bertz CT molecular complexity index is 1170. The molecule has 7 heteroatoms. The largest absolute Gasteiger partial charge is 0.497 e. The van der Waals surface area contributed by atoms with Gasteiger partial charge in [-0.1, -0.05) is 41.9 Å². The van der Waals surface area contributed by atoms with Crippen LogP contribution in [0.3, 0.4) is 0 Å². The Morgan fingerprint density at radius 1 is 1.09 bits per heavy atom. The molecule has 1 heterocycles. The molecule has 0 radical (unpaired) electrons. The summed E-state index contributed by atoms with van der Waals surface area (Å²) in [7, 11) is 1.63. The standard InChI is InChI=1S/C28H30ClNO5/c1-4-34-13-14-35-28(32)25-17(2)30-23-15-19(18-9-11-20(33-3)12-10-18)16-24(31)27(23)26(25)21-7-5-6-8-22(21)29/h5-12,19,26,30H,4,13-16H2,1-3H3/t19-,26-/m1/s1. The van der Waals surface area contributed by atoms with Crippen molar-refractivity contribution in [2.24, 2.45) is 0 Å². The fourth-order valence-corrected chi connectivity index (χ4v) is 5.10. The van der Waals surface area contributed by atoms with Crippen LogP contribution in [0.2, 0.25) is 5.02 Å². The number of halogens is 1. The van der Waals surface area contributed by atoms with Crippen LogP contribution >= 0.6 is 11.6 Å². The summed E-state index contributed by atoms with van der Waals surface area (Å²) in [5.74, 6) is -0.271. The van der Waals surface area contributed by atoms with Gasteiger partial charge in [-0.15, -0.1) is 0 Å². The Labute approximate surface area is 210 Å². The summed E-state index contributed by atoms with van der Waals surface area (Å²) in [6.45, 7) is 4.72. The molecule has 0 saturated heterocycles. The number of carbonyl (C=O) groups excluding carboxylic acids is 2. The molecule has 0 saturated carbocycles. The van der Waals surface area contributed by atoms with E-state index in [1.807, 2.05) is 56.3 Å². The molecule has 0 aromatic heterocycles. The number of hydrogen-bond acceptors (Lipinski definition) is 6. The number of carbonyl (C=O) groups is 2. The van der Waals surface area contributed by atoms with E-state index in [-0.39, 0.29) is 18.3 Å². The number of hydrogen-bond donors (Lipinski definition) is 1. The SMILES string of the molecule is CCOCCOC(=O)C1=C(C)NC2=C(C(=O)C[C@H](c3ccc(OC)cc3)C2)[C@@H]1c1ccccc1Cl. The monoisotopic (exact) mass is 495 g/mol. The van der Waals surface area contributed by atoms with E-state index < -0.39 is 11.9 Å². The summed E-state index contributed by atoms with van der Waals surface area (Å²) in [5, 5.41) is 3.86. The summed E-state index contributed by atoms with van der Waals surface area (Å²) in [6.07, 6.45) is 0.998. The van der Waals surface area contributed by atoms with Crippen molar-refractivity contribution in [2.45, 2.75) is 38.5 Å². The van der Waals surface area contributed by atoms with Crippen molar-refractivity contribution in [3.8, 4) is 5.75 Å². The van der Waals surface area contributed by atoms with Gasteiger partial charge in [0.2, 0.25) is 0 Å². The molecule has 1 aliphatic heterocycles. The topological polar surface area (TPSA) is 73.9 Å². The first-order chi connectivity index (χ1) is 16.9. The number of dihydropyridines is 1. The minimum atomic E-state index is -0.594. The van der Waals surface area contributed by atoms with Gasteiger partial charge in [-0.2, -0.15) is 0 Å². The van der Waals surface area contributed by atoms with Gasteiger partial charge in [0.05, 0.1) is 19.3 Å². The molecule has 0 amide bonds. The molecule has 0 spiro atoms. The van der Waals surface area contributed by atoms with Crippen LogP contribution in [0.1, 0.15) is 49.7 Å². The zero-order chi connectivity index (χ0) is 24.9. The van der Waals surface area contributed by atoms with Crippen LogP contribution in [-0.4, -0.2) is 38.7 Å². The van der Waals surface area contributed by atoms with Crippen LogP contribution < -0.4 is 10.1 Å². The summed E-state index contributed by atoms with van der Waals surface area (Å²) in [6, 6.07) is 15.2. The molecule has 1 aliphatic carbocycles. The number of ether oxygens (including phenoxy) is 3. The Morgan fingerprint density at radius 3 is 2.51 bits per heavy atom. The number of rotatable bonds is 8. The average Bonchev–Trinajstić information content (AvgIpc) is 2.86. The van der Waals surface area contributed by atoms with E-state index in [4.69, 9.17) is 25.8 Å². The fourth-order valence-electron chi connectivity index (χ4n) is 4.86. The van der Waals surface area contributed by atoms with E-state index in [0.717, 1.165) is 22.6 Å². The van der Waals surface area contributed by atoms with E-state index in [0.29, 0.717) is 47.9 Å². The number of ketones is 1. The number of Topliss-reactive ketones (excluding diaryl/α,β-unsaturated/α-hetero) is 1. The lowest BCUT2D eigenvalue weighted by Gasteiger charge is -2.37. The van der Waals surface area contributed by atoms with Crippen LogP contribution in [0.15, 0.2) is 71.1 Å². The van der Waals surface area contributed by atoms with E-state index in [2.05, 4.69) is 5.32 Å². The maximum absolute atomic E-state index is 13.6. The van der Waals surface area contributed by atoms with Crippen molar-refractivity contribution in [1.29, 1.82) is 0 Å². The highest BCUT2D eigenvalue weighted by molar-refractivity contribution is 6.31. The highest BCUT2D eigenvalue weighted by Gasteiger charge is 2.42. The minimum Gasteiger partial charge on any atom is -0.497 e. The summed E-state index contributed by atoms with van der Waals surface area (Å²) in [5.41, 5.74) is 4.28. The van der Waals surface area contributed by atoms with Gasteiger partial charge in [-0.3, -0.25) is 4.79 Å². The van der Waals surface area contributed by atoms with Crippen molar-refractivity contribution in [2.75, 3.05) is 26.9 Å². The number of allylic oxidation sites excluding steroid dienone is 3. The molecule has 2 aliphatic rings. The van der Waals surface area contributed by atoms with E-state index >= 15 is 0 Å². The van der Waals surface area contributed by atoms with Crippen molar-refractivity contribution in [3.05, 3.63) is 87.2 Å². The second-order valence-corrected chi connectivity index (χ2v) is 9.05. The van der Waals surface area contributed by atoms with Crippen molar-refractivity contribution in [1.82, 2.24) is 5.32 Å². The van der Waals surface area contributed by atoms with Gasteiger partial charge in [0.15, 0.2) is 5.78 Å². The maximum atomic E-state index is 13.6. The van der Waals surface area contributed by atoms with Crippen LogP contribution in [0, 0.1) is 0 Å². The number of benzene rings is 2. The first-order valence-corrected chi connectivity index (χ1v) is 12.2. The van der Waals surface area contributed by atoms with Gasteiger partial charge in [0.25, 0.3) is 0 Å². The van der Waals surface area contributed by atoms with Gasteiger partial charge in [-0.05, 0) is 55.5 Å². The third-order valence-corrected chi connectivity index (χ3v) is 6.86. The lowest BCUT2D eigenvalue weighted by atomic mass is 9.71. The Balaban J connectivity index is 1.70. The molecule has 35 heavy (non-hydrogen) atoms. The fraction of sp³-hybridized carbons (Fsp3) is 0.357. The lowest BCUT2D eigenvalue weighted by molar-refractivity contribution is -0.140. The minimum absolute atomic E-state index is 0.00314. The van der Waals surface area contributed by atoms with Crippen molar-refractivity contribution in [3.63, 3.8) is 0 Å². The number of esters is 1. The van der Waals surface area contributed by atoms with Gasteiger partial charge < -0.3 is 19.5 Å². The molecular weight excluding hydrogens is 466 g/mol. The molecular formula is C28H30ClNO5. The first kappa shape index (κ1) is 25.0. The highest BCUT2D eigenvalue weighted by atomic mass is 35.5. The van der Waals surface area contributed by atoms with E-state index in [1.54, 1.807) is 13.2 Å². The van der Waals surface area contributed by atoms with Crippen LogP contribution in [0.4, 0.5) is 0 Å². The molecule has 0 fully saturated rings. The molecule has 1 N–H and O–H groups in total. The van der Waals surface area contributed by atoms with E-state index in [9.17, 15) is 9.59 Å². The first-order valence-electron chi connectivity index (χ1n) is 11.8. The quantitative estimate of drug-likeness (QED) is 0.396. The van der Waals surface area contributed by atoms with Crippen LogP contribution in [0.5, 0.6) is 5.75 Å². The molecule has 184 valence electrons. The van der Waals surface area contributed by atoms with Gasteiger partial charge in [0.1, 0.15) is 12.4 Å².